The van der Waals surface area contributed by atoms with Crippen LogP contribution in [-0.4, -0.2) is 15.8 Å². The summed E-state index contributed by atoms with van der Waals surface area (Å²) >= 11 is 5.20. The summed E-state index contributed by atoms with van der Waals surface area (Å²) in [7, 11) is 0. The summed E-state index contributed by atoms with van der Waals surface area (Å²) in [5.41, 5.74) is 2.25. The van der Waals surface area contributed by atoms with Crippen LogP contribution in [0.5, 0.6) is 0 Å². The van der Waals surface area contributed by atoms with Crippen LogP contribution in [0, 0.1) is 0 Å². The van der Waals surface area contributed by atoms with E-state index in [2.05, 4.69) is 44.7 Å². The van der Waals surface area contributed by atoms with Crippen molar-refractivity contribution < 1.29 is 0 Å². The van der Waals surface area contributed by atoms with E-state index in [1.165, 1.54) is 5.52 Å². The molecule has 0 aliphatic heterocycles. The first-order valence-corrected chi connectivity index (χ1v) is 6.48. The van der Waals surface area contributed by atoms with Crippen molar-refractivity contribution in [3.05, 3.63) is 22.7 Å². The number of nitrogens with zero attached hydrogens (tertiary/aromatic N) is 2. The van der Waals surface area contributed by atoms with Gasteiger partial charge in [-0.05, 0) is 41.2 Å². The van der Waals surface area contributed by atoms with Crippen molar-refractivity contribution in [2.24, 2.45) is 0 Å². The minimum Gasteiger partial charge on any atom is -0.319 e. The second-order valence-corrected chi connectivity index (χ2v) is 4.58. The van der Waals surface area contributed by atoms with Crippen LogP contribution in [0.1, 0.15) is 6.92 Å². The Hall–Kier alpha value is -0.480. The zero-order valence-electron chi connectivity index (χ0n) is 8.12. The Bertz CT molecular complexity index is 464. The minimum absolute atomic E-state index is 0.961. The molecule has 0 aliphatic rings. The number of halogens is 1. The largest absolute Gasteiger partial charge is 0.319 e. The van der Waals surface area contributed by atoms with Gasteiger partial charge in [-0.1, -0.05) is 17.8 Å². The summed E-state index contributed by atoms with van der Waals surface area (Å²) in [5, 5.41) is 1.08. The molecule has 0 saturated carbocycles. The molecule has 1 aromatic heterocycles. The maximum Gasteiger partial charge on any atom is 0.168 e. The average molecular weight is 271 g/mol. The third-order valence-electron chi connectivity index (χ3n) is 2.19. The predicted octanol–water partition coefficient (Wildman–Crippen LogP) is 3.54. The van der Waals surface area contributed by atoms with Crippen LogP contribution in [-0.2, 0) is 6.54 Å². The Balaban J connectivity index is 2.79. The number of aryl methyl sites for hydroxylation is 1. The highest BCUT2D eigenvalue weighted by molar-refractivity contribution is 9.10. The van der Waals surface area contributed by atoms with Crippen LogP contribution in [0.15, 0.2) is 27.8 Å². The van der Waals surface area contributed by atoms with E-state index in [1.54, 1.807) is 11.8 Å². The first-order valence-electron chi connectivity index (χ1n) is 4.46. The number of imidazole rings is 1. The Morgan fingerprint density at radius 3 is 2.93 bits per heavy atom. The molecule has 1 heterocycles. The van der Waals surface area contributed by atoms with Gasteiger partial charge in [0.25, 0.3) is 0 Å². The van der Waals surface area contributed by atoms with E-state index in [0.29, 0.717) is 0 Å². The van der Waals surface area contributed by atoms with E-state index in [1.807, 2.05) is 12.1 Å². The number of aromatic nitrogens is 2. The van der Waals surface area contributed by atoms with Gasteiger partial charge in [-0.3, -0.25) is 0 Å². The van der Waals surface area contributed by atoms with Crippen LogP contribution < -0.4 is 0 Å². The molecule has 1 aromatic carbocycles. The summed E-state index contributed by atoms with van der Waals surface area (Å²) in [6.07, 6.45) is 2.06. The number of hydrogen-bond donors (Lipinski definition) is 0. The third kappa shape index (κ3) is 1.46. The van der Waals surface area contributed by atoms with Gasteiger partial charge < -0.3 is 4.57 Å². The van der Waals surface area contributed by atoms with E-state index in [9.17, 15) is 0 Å². The van der Waals surface area contributed by atoms with Gasteiger partial charge in [0.2, 0.25) is 0 Å². The molecule has 2 rings (SSSR count). The fourth-order valence-corrected chi connectivity index (χ4v) is 2.63. The van der Waals surface area contributed by atoms with Gasteiger partial charge in [-0.2, -0.15) is 0 Å². The number of hydrogen-bond acceptors (Lipinski definition) is 2. The maximum absolute atomic E-state index is 4.58. The first kappa shape index (κ1) is 10.1. The third-order valence-corrected chi connectivity index (χ3v) is 3.51. The van der Waals surface area contributed by atoms with Gasteiger partial charge in [0, 0.05) is 11.0 Å². The average Bonchev–Trinajstić information content (AvgIpc) is 2.57. The highest BCUT2D eigenvalue weighted by Crippen LogP contribution is 2.27. The first-order chi connectivity index (χ1) is 6.77. The van der Waals surface area contributed by atoms with Crippen LogP contribution in [0.25, 0.3) is 11.0 Å². The lowest BCUT2D eigenvalue weighted by atomic mass is 10.3. The molecule has 0 bridgehead atoms. The topological polar surface area (TPSA) is 17.8 Å². The van der Waals surface area contributed by atoms with Gasteiger partial charge >= 0.3 is 0 Å². The standard InChI is InChI=1S/C10H11BrN2S/c1-3-13-8-6-4-5-7(11)9(8)12-10(13)14-2/h4-6H,3H2,1-2H3. The van der Waals surface area contributed by atoms with Crippen LogP contribution in [0.3, 0.4) is 0 Å². The number of thioether (sulfide) groups is 1. The van der Waals surface area contributed by atoms with Crippen molar-refractivity contribution >= 4 is 38.7 Å². The molecule has 0 N–H and O–H groups in total. The summed E-state index contributed by atoms with van der Waals surface area (Å²) in [4.78, 5) is 4.58. The molecule has 2 aromatic rings. The van der Waals surface area contributed by atoms with Crippen LogP contribution in [0.4, 0.5) is 0 Å². The molecule has 0 spiro atoms. The molecule has 2 nitrogen and oxygen atoms in total. The summed E-state index contributed by atoms with van der Waals surface area (Å²) in [5.74, 6) is 0. The van der Waals surface area contributed by atoms with Crippen molar-refractivity contribution in [2.45, 2.75) is 18.6 Å². The monoisotopic (exact) mass is 270 g/mol. The van der Waals surface area contributed by atoms with Gasteiger partial charge in [0.1, 0.15) is 5.52 Å². The van der Waals surface area contributed by atoms with E-state index in [0.717, 1.165) is 21.7 Å². The van der Waals surface area contributed by atoms with Crippen molar-refractivity contribution in [1.82, 2.24) is 9.55 Å². The van der Waals surface area contributed by atoms with Gasteiger partial charge in [0.15, 0.2) is 5.16 Å². The Kier molecular flexibility index (Phi) is 2.83. The molecule has 0 amide bonds. The molecule has 74 valence electrons. The molecular formula is C10H11BrN2S. The quantitative estimate of drug-likeness (QED) is 0.777. The fraction of sp³-hybridized carbons (Fsp3) is 0.300. The number of para-hydroxylation sites is 1. The predicted molar refractivity (Wildman–Crippen MR) is 64.9 cm³/mol. The lowest BCUT2D eigenvalue weighted by Crippen LogP contribution is -1.94. The van der Waals surface area contributed by atoms with E-state index in [4.69, 9.17) is 0 Å². The summed E-state index contributed by atoms with van der Waals surface area (Å²) in [6.45, 7) is 3.10. The second-order valence-electron chi connectivity index (χ2n) is 2.95. The van der Waals surface area contributed by atoms with Gasteiger partial charge in [-0.25, -0.2) is 4.98 Å². The highest BCUT2D eigenvalue weighted by atomic mass is 79.9. The second kappa shape index (κ2) is 3.95. The SMILES string of the molecule is CCn1c(SC)nc2c(Br)cccc21. The number of rotatable bonds is 2. The Labute approximate surface area is 95.8 Å². The molecule has 0 saturated heterocycles. The molecular weight excluding hydrogens is 260 g/mol. The molecule has 0 aliphatic carbocycles. The highest BCUT2D eigenvalue weighted by Gasteiger charge is 2.09. The minimum atomic E-state index is 0.961. The van der Waals surface area contributed by atoms with E-state index >= 15 is 0 Å². The lowest BCUT2D eigenvalue weighted by Gasteiger charge is -2.02. The van der Waals surface area contributed by atoms with Crippen LogP contribution >= 0.6 is 27.7 Å². The van der Waals surface area contributed by atoms with Crippen molar-refractivity contribution in [3.8, 4) is 0 Å². The van der Waals surface area contributed by atoms with E-state index in [-0.39, 0.29) is 0 Å². The van der Waals surface area contributed by atoms with Crippen molar-refractivity contribution in [3.63, 3.8) is 0 Å². The van der Waals surface area contributed by atoms with E-state index < -0.39 is 0 Å². The molecule has 0 fully saturated rings. The van der Waals surface area contributed by atoms with Crippen molar-refractivity contribution in [1.29, 1.82) is 0 Å². The number of fused-ring (bicyclic) bond motifs is 1. The Morgan fingerprint density at radius 1 is 1.50 bits per heavy atom. The smallest absolute Gasteiger partial charge is 0.168 e. The fourth-order valence-electron chi connectivity index (χ4n) is 1.55. The molecule has 14 heavy (non-hydrogen) atoms. The zero-order valence-corrected chi connectivity index (χ0v) is 10.5. The zero-order chi connectivity index (χ0) is 10.1. The maximum atomic E-state index is 4.58. The lowest BCUT2D eigenvalue weighted by molar-refractivity contribution is 0.703. The molecule has 0 radical (unpaired) electrons. The number of benzene rings is 1. The Morgan fingerprint density at radius 2 is 2.29 bits per heavy atom. The molecule has 4 heteroatoms. The van der Waals surface area contributed by atoms with Crippen LogP contribution in [0.2, 0.25) is 0 Å². The molecule has 0 unspecified atom stereocenters. The summed E-state index contributed by atoms with van der Waals surface area (Å²) in [6, 6.07) is 6.18. The van der Waals surface area contributed by atoms with Crippen molar-refractivity contribution in [2.75, 3.05) is 6.26 Å². The summed E-state index contributed by atoms with van der Waals surface area (Å²) < 4.78 is 3.29. The van der Waals surface area contributed by atoms with Gasteiger partial charge in [-0.15, -0.1) is 0 Å². The molecule has 0 atom stereocenters. The normalized spacial score (nSPS) is 11.1. The van der Waals surface area contributed by atoms with Gasteiger partial charge in [0.05, 0.1) is 5.52 Å².